The fourth-order valence-electron chi connectivity index (χ4n) is 4.00. The Morgan fingerprint density at radius 2 is 1.88 bits per heavy atom. The Labute approximate surface area is 194 Å². The second-order valence-electron chi connectivity index (χ2n) is 8.06. The maximum Gasteiger partial charge on any atom is 0.273 e. The van der Waals surface area contributed by atoms with Gasteiger partial charge in [0, 0.05) is 11.7 Å². The number of nitrogens with one attached hydrogen (secondary N) is 1. The fourth-order valence-corrected chi connectivity index (χ4v) is 4.74. The van der Waals surface area contributed by atoms with E-state index in [0.717, 1.165) is 42.8 Å². The molecule has 5 N–H and O–H groups in total. The summed E-state index contributed by atoms with van der Waals surface area (Å²) in [5, 5.41) is 3.06. The normalized spacial score (nSPS) is 14.7. The van der Waals surface area contributed by atoms with Gasteiger partial charge >= 0.3 is 0 Å². The molecule has 33 heavy (non-hydrogen) atoms. The van der Waals surface area contributed by atoms with Crippen molar-refractivity contribution in [1.29, 1.82) is 0 Å². The lowest BCUT2D eigenvalue weighted by atomic mass is 10.1. The lowest BCUT2D eigenvalue weighted by Crippen LogP contribution is -2.46. The molecule has 0 aliphatic heterocycles. The van der Waals surface area contributed by atoms with E-state index in [1.54, 1.807) is 24.3 Å². The van der Waals surface area contributed by atoms with Crippen LogP contribution >= 0.6 is 11.5 Å². The monoisotopic (exact) mass is 467 g/mol. The van der Waals surface area contributed by atoms with E-state index in [9.17, 15) is 14.4 Å². The van der Waals surface area contributed by atoms with Crippen LogP contribution in [0.2, 0.25) is 0 Å². The molecule has 1 aliphatic carbocycles. The molecule has 0 bridgehead atoms. The third kappa shape index (κ3) is 4.61. The van der Waals surface area contributed by atoms with E-state index in [0.29, 0.717) is 11.4 Å². The van der Waals surface area contributed by atoms with Crippen LogP contribution in [0.3, 0.4) is 0 Å². The molecule has 0 radical (unpaired) electrons. The number of benzene rings is 1. The van der Waals surface area contributed by atoms with Crippen LogP contribution in [0.5, 0.6) is 0 Å². The Morgan fingerprint density at radius 1 is 1.18 bits per heavy atom. The molecule has 2 heterocycles. The zero-order valence-corrected chi connectivity index (χ0v) is 18.9. The molecule has 1 fully saturated rings. The minimum atomic E-state index is -1.09. The number of carbonyl (C=O) groups is 3. The summed E-state index contributed by atoms with van der Waals surface area (Å²) in [6.07, 6.45) is 5.32. The highest BCUT2D eigenvalue weighted by atomic mass is 32.1. The molecule has 1 atom stereocenters. The summed E-state index contributed by atoms with van der Waals surface area (Å²) in [7, 11) is 0. The highest BCUT2D eigenvalue weighted by Crippen LogP contribution is 2.34. The van der Waals surface area contributed by atoms with Crippen LogP contribution in [0, 0.1) is 6.92 Å². The topological polar surface area (TPSA) is 145 Å². The van der Waals surface area contributed by atoms with E-state index >= 15 is 0 Å². The minimum absolute atomic E-state index is 0.0228. The van der Waals surface area contributed by atoms with Gasteiger partial charge in [-0.2, -0.15) is 4.37 Å². The summed E-state index contributed by atoms with van der Waals surface area (Å²) >= 11 is 0.769. The zero-order valence-electron chi connectivity index (χ0n) is 18.1. The van der Waals surface area contributed by atoms with E-state index in [4.69, 9.17) is 15.9 Å². The second-order valence-corrected chi connectivity index (χ2v) is 8.83. The van der Waals surface area contributed by atoms with Crippen molar-refractivity contribution in [2.24, 2.45) is 5.73 Å². The molecule has 172 valence electrons. The lowest BCUT2D eigenvalue weighted by Gasteiger charge is -2.30. The van der Waals surface area contributed by atoms with E-state index in [1.165, 1.54) is 11.2 Å². The molecule has 2 aromatic heterocycles. The molecule has 0 unspecified atom stereocenters. The van der Waals surface area contributed by atoms with Crippen LogP contribution in [-0.2, 0) is 4.79 Å². The molecule has 0 saturated heterocycles. The summed E-state index contributed by atoms with van der Waals surface area (Å²) in [6.45, 7) is 1.92. The molecule has 3 aromatic rings. The zero-order chi connectivity index (χ0) is 23.5. The van der Waals surface area contributed by atoms with Crippen LogP contribution in [0.15, 0.2) is 47.1 Å². The first kappa shape index (κ1) is 22.5. The first-order chi connectivity index (χ1) is 15.9. The van der Waals surface area contributed by atoms with Crippen molar-refractivity contribution in [3.05, 3.63) is 64.6 Å². The second kappa shape index (κ2) is 9.45. The maximum atomic E-state index is 13.8. The Bertz CT molecular complexity index is 1150. The number of nitrogens with zero attached hydrogens (tertiary/aromatic N) is 2. The molecule has 10 heteroatoms. The molecule has 1 saturated carbocycles. The number of nitrogen functional groups attached to an aromatic ring is 1. The standard InChI is InChI=1S/C23H25N5O4S/c1-13-8-10-15(11-9-13)28(23(31)20-17(24)18(21(25)29)27-33-20)19(16-7-4-12-32-16)22(30)26-14-5-2-3-6-14/h4,7-12,14,19H,2-3,5-6,24H2,1H3,(H2,25,29)(H,26,30)/t19-/m0/s1. The smallest absolute Gasteiger partial charge is 0.273 e. The molecule has 4 rings (SSSR count). The van der Waals surface area contributed by atoms with Gasteiger partial charge in [-0.1, -0.05) is 30.5 Å². The van der Waals surface area contributed by atoms with Crippen molar-refractivity contribution >= 4 is 40.6 Å². The largest absolute Gasteiger partial charge is 0.467 e. The van der Waals surface area contributed by atoms with Gasteiger partial charge in [-0.15, -0.1) is 0 Å². The van der Waals surface area contributed by atoms with Gasteiger partial charge in [0.25, 0.3) is 17.7 Å². The number of aryl methyl sites for hydroxylation is 1. The van der Waals surface area contributed by atoms with E-state index < -0.39 is 17.9 Å². The van der Waals surface area contributed by atoms with Crippen molar-refractivity contribution in [1.82, 2.24) is 9.69 Å². The van der Waals surface area contributed by atoms with Crippen molar-refractivity contribution in [2.75, 3.05) is 10.6 Å². The van der Waals surface area contributed by atoms with Crippen molar-refractivity contribution in [3.63, 3.8) is 0 Å². The molecule has 9 nitrogen and oxygen atoms in total. The maximum absolute atomic E-state index is 13.8. The number of rotatable bonds is 7. The summed E-state index contributed by atoms with van der Waals surface area (Å²) in [4.78, 5) is 40.3. The number of furan rings is 1. The lowest BCUT2D eigenvalue weighted by molar-refractivity contribution is -0.123. The molecular weight excluding hydrogens is 442 g/mol. The summed E-state index contributed by atoms with van der Waals surface area (Å²) < 4.78 is 9.54. The van der Waals surface area contributed by atoms with Gasteiger partial charge in [-0.3, -0.25) is 19.3 Å². The van der Waals surface area contributed by atoms with Crippen LogP contribution in [0.25, 0.3) is 0 Å². The van der Waals surface area contributed by atoms with Gasteiger partial charge in [0.15, 0.2) is 11.7 Å². The number of nitrogens with two attached hydrogens (primary N) is 2. The highest BCUT2D eigenvalue weighted by molar-refractivity contribution is 7.09. The van der Waals surface area contributed by atoms with Gasteiger partial charge in [0.1, 0.15) is 10.6 Å². The van der Waals surface area contributed by atoms with Crippen LogP contribution in [0.1, 0.15) is 63.2 Å². The minimum Gasteiger partial charge on any atom is -0.467 e. The highest BCUT2D eigenvalue weighted by Gasteiger charge is 2.38. The number of hydrogen-bond acceptors (Lipinski definition) is 7. The third-order valence-corrected chi connectivity index (χ3v) is 6.56. The Balaban J connectivity index is 1.80. The third-order valence-electron chi connectivity index (χ3n) is 5.71. The van der Waals surface area contributed by atoms with Gasteiger partial charge in [-0.25, -0.2) is 0 Å². The molecule has 0 spiro atoms. The summed E-state index contributed by atoms with van der Waals surface area (Å²) in [6, 6.07) is 9.45. The Hall–Kier alpha value is -3.66. The van der Waals surface area contributed by atoms with Crippen LogP contribution < -0.4 is 21.7 Å². The summed E-state index contributed by atoms with van der Waals surface area (Å²) in [5.41, 5.74) is 12.6. The first-order valence-electron chi connectivity index (χ1n) is 10.7. The van der Waals surface area contributed by atoms with Gasteiger partial charge in [0.05, 0.1) is 12.0 Å². The molecule has 3 amide bonds. The predicted octanol–water partition coefficient (Wildman–Crippen LogP) is 3.17. The number of amides is 3. The van der Waals surface area contributed by atoms with E-state index in [2.05, 4.69) is 9.69 Å². The quantitative estimate of drug-likeness (QED) is 0.487. The van der Waals surface area contributed by atoms with Crippen molar-refractivity contribution in [3.8, 4) is 0 Å². The summed E-state index contributed by atoms with van der Waals surface area (Å²) in [5.74, 6) is -1.46. The predicted molar refractivity (Wildman–Crippen MR) is 125 cm³/mol. The molecule has 1 aliphatic rings. The Morgan fingerprint density at radius 3 is 2.45 bits per heavy atom. The van der Waals surface area contributed by atoms with Crippen LogP contribution in [-0.4, -0.2) is 28.1 Å². The molecule has 1 aromatic carbocycles. The number of primary amides is 1. The first-order valence-corrected chi connectivity index (χ1v) is 11.4. The molecular formula is C23H25N5O4S. The van der Waals surface area contributed by atoms with E-state index in [-0.39, 0.29) is 28.2 Å². The fraction of sp³-hybridized carbons (Fsp3) is 0.304. The van der Waals surface area contributed by atoms with E-state index in [1.807, 2.05) is 19.1 Å². The van der Waals surface area contributed by atoms with Crippen molar-refractivity contribution in [2.45, 2.75) is 44.7 Å². The van der Waals surface area contributed by atoms with Crippen LogP contribution in [0.4, 0.5) is 11.4 Å². The van der Waals surface area contributed by atoms with Gasteiger partial charge < -0.3 is 21.2 Å². The average molecular weight is 468 g/mol. The van der Waals surface area contributed by atoms with Gasteiger partial charge in [-0.05, 0) is 55.6 Å². The number of anilines is 2. The van der Waals surface area contributed by atoms with Crippen molar-refractivity contribution < 1.29 is 18.8 Å². The number of carbonyl (C=O) groups excluding carboxylic acids is 3. The average Bonchev–Trinajstić information content (AvgIpc) is 3.54. The Kier molecular flexibility index (Phi) is 6.45. The number of hydrogen-bond donors (Lipinski definition) is 3. The SMILES string of the molecule is Cc1ccc(N(C(=O)c2snc(C(N)=O)c2N)[C@H](C(=O)NC2CCCC2)c2ccco2)cc1. The van der Waals surface area contributed by atoms with Gasteiger partial charge in [0.2, 0.25) is 0 Å². The number of aromatic nitrogens is 1.